The van der Waals surface area contributed by atoms with Gasteiger partial charge in [0.25, 0.3) is 0 Å². The molecule has 0 aliphatic rings. The molecule has 7 heteroatoms. The molecule has 0 aliphatic heterocycles. The van der Waals surface area contributed by atoms with Crippen LogP contribution in [-0.4, -0.2) is 14.8 Å². The Labute approximate surface area is 154 Å². The molecule has 0 fully saturated rings. The molecule has 0 radical (unpaired) electrons. The molecule has 0 bridgehead atoms. The topological polar surface area (TPSA) is 33.6 Å². The third kappa shape index (κ3) is 3.09. The van der Waals surface area contributed by atoms with Gasteiger partial charge in [-0.3, -0.25) is 5.10 Å². The fourth-order valence-corrected chi connectivity index (χ4v) is 4.09. The Morgan fingerprint density at radius 1 is 1.32 bits per heavy atom. The van der Waals surface area contributed by atoms with Crippen LogP contribution in [0, 0.1) is 5.82 Å². The lowest BCUT2D eigenvalue weighted by atomic mass is 10.1. The van der Waals surface area contributed by atoms with Gasteiger partial charge in [0.15, 0.2) is 5.82 Å². The highest BCUT2D eigenvalue weighted by molar-refractivity contribution is 8.03. The van der Waals surface area contributed by atoms with Gasteiger partial charge in [0.05, 0.1) is 22.4 Å². The van der Waals surface area contributed by atoms with Crippen LogP contribution in [0.25, 0.3) is 16.6 Å². The normalized spacial score (nSPS) is 13.0. The Hall–Kier alpha value is -1.79. The van der Waals surface area contributed by atoms with Gasteiger partial charge >= 0.3 is 0 Å². The zero-order chi connectivity index (χ0) is 18.3. The number of nitrogens with zero attached hydrogens (tertiary/aromatic N) is 2. The predicted molar refractivity (Wildman–Crippen MR) is 99.8 cm³/mol. The van der Waals surface area contributed by atoms with Gasteiger partial charge in [-0.25, -0.2) is 8.78 Å². The first-order valence-electron chi connectivity index (χ1n) is 7.85. The molecule has 0 spiro atoms. The average molecular weight is 382 g/mol. The summed E-state index contributed by atoms with van der Waals surface area (Å²) >= 11 is 7.34. The molecule has 0 amide bonds. The average Bonchev–Trinajstić information content (AvgIpc) is 3.16. The SMILES string of the molecule is CC(F)=C(C)Sc1c(C(C)C)n(-c2cn[nH]c2)c2c(F)c(Cl)ccc12. The number of fused-ring (bicyclic) bond motifs is 1. The fourth-order valence-electron chi connectivity index (χ4n) is 2.79. The van der Waals surface area contributed by atoms with Crippen LogP contribution >= 0.6 is 23.4 Å². The predicted octanol–water partition coefficient (Wildman–Crippen LogP) is 6.58. The molecular formula is C18H18ClF2N3S. The van der Waals surface area contributed by atoms with Crippen LogP contribution in [0.5, 0.6) is 0 Å². The highest BCUT2D eigenvalue weighted by Gasteiger charge is 2.25. The lowest BCUT2D eigenvalue weighted by Gasteiger charge is -2.14. The summed E-state index contributed by atoms with van der Waals surface area (Å²) in [4.78, 5) is 1.37. The molecule has 132 valence electrons. The van der Waals surface area contributed by atoms with Crippen molar-refractivity contribution in [3.8, 4) is 5.69 Å². The second-order valence-corrected chi connectivity index (χ2v) is 7.74. The zero-order valence-corrected chi connectivity index (χ0v) is 15.9. The van der Waals surface area contributed by atoms with Crippen LogP contribution < -0.4 is 0 Å². The summed E-state index contributed by atoms with van der Waals surface area (Å²) in [5, 5.41) is 7.50. The van der Waals surface area contributed by atoms with Gasteiger partial charge in [-0.15, -0.1) is 0 Å². The van der Waals surface area contributed by atoms with E-state index < -0.39 is 5.82 Å². The molecule has 1 aromatic carbocycles. The van der Waals surface area contributed by atoms with Gasteiger partial charge < -0.3 is 4.57 Å². The van der Waals surface area contributed by atoms with E-state index in [1.54, 1.807) is 25.4 Å². The van der Waals surface area contributed by atoms with Crippen molar-refractivity contribution in [2.45, 2.75) is 38.5 Å². The number of aromatic amines is 1. The van der Waals surface area contributed by atoms with Crippen molar-refractivity contribution >= 4 is 34.3 Å². The summed E-state index contributed by atoms with van der Waals surface area (Å²) < 4.78 is 30.4. The third-order valence-electron chi connectivity index (χ3n) is 4.04. The number of allylic oxidation sites excluding steroid dienone is 2. The Bertz CT molecular complexity index is 955. The number of halogens is 3. The van der Waals surface area contributed by atoms with Gasteiger partial charge in [0.1, 0.15) is 5.83 Å². The molecule has 1 N–H and O–H groups in total. The smallest absolute Gasteiger partial charge is 0.166 e. The Kier molecular flexibility index (Phi) is 4.93. The van der Waals surface area contributed by atoms with Crippen LogP contribution in [0.15, 0.2) is 40.2 Å². The minimum absolute atomic E-state index is 0.0514. The molecule has 3 rings (SSSR count). The zero-order valence-electron chi connectivity index (χ0n) is 14.3. The molecule has 2 heterocycles. The molecular weight excluding hydrogens is 364 g/mol. The highest BCUT2D eigenvalue weighted by atomic mass is 35.5. The molecule has 2 aromatic heterocycles. The summed E-state index contributed by atoms with van der Waals surface area (Å²) in [6, 6.07) is 3.32. The van der Waals surface area contributed by atoms with E-state index in [1.807, 2.05) is 18.4 Å². The second kappa shape index (κ2) is 6.84. The van der Waals surface area contributed by atoms with Gasteiger partial charge in [0, 0.05) is 27.1 Å². The molecule has 25 heavy (non-hydrogen) atoms. The minimum Gasteiger partial charge on any atom is -0.306 e. The molecule has 0 saturated carbocycles. The van der Waals surface area contributed by atoms with Crippen molar-refractivity contribution in [2.75, 3.05) is 0 Å². The number of H-pyrrole nitrogens is 1. The van der Waals surface area contributed by atoms with E-state index >= 15 is 0 Å². The quantitative estimate of drug-likeness (QED) is 0.517. The van der Waals surface area contributed by atoms with Crippen molar-refractivity contribution in [1.82, 2.24) is 14.8 Å². The van der Waals surface area contributed by atoms with Crippen LogP contribution in [0.2, 0.25) is 5.02 Å². The monoisotopic (exact) mass is 381 g/mol. The van der Waals surface area contributed by atoms with E-state index in [4.69, 9.17) is 11.6 Å². The van der Waals surface area contributed by atoms with E-state index in [9.17, 15) is 8.78 Å². The summed E-state index contributed by atoms with van der Waals surface area (Å²) in [5.41, 5.74) is 1.98. The van der Waals surface area contributed by atoms with E-state index in [-0.39, 0.29) is 16.8 Å². The van der Waals surface area contributed by atoms with E-state index in [1.165, 1.54) is 24.8 Å². The first kappa shape index (κ1) is 18.0. The number of rotatable bonds is 4. The van der Waals surface area contributed by atoms with E-state index in [0.29, 0.717) is 21.5 Å². The lowest BCUT2D eigenvalue weighted by molar-refractivity contribution is 0.633. The Morgan fingerprint density at radius 2 is 2.04 bits per heavy atom. The first-order valence-corrected chi connectivity index (χ1v) is 9.04. The standard InChI is InChI=1S/C18H18ClF2N3S/c1-9(2)16-18(25-11(4)10(3)20)13-5-6-14(19)15(21)17(13)24(16)12-7-22-23-8-12/h5-9H,1-4H3,(H,22,23). The maximum atomic E-state index is 14.9. The minimum atomic E-state index is -0.493. The first-order chi connectivity index (χ1) is 11.8. The van der Waals surface area contributed by atoms with E-state index in [0.717, 1.165) is 10.6 Å². The Morgan fingerprint density at radius 3 is 2.60 bits per heavy atom. The van der Waals surface area contributed by atoms with Crippen molar-refractivity contribution in [1.29, 1.82) is 0 Å². The molecule has 3 nitrogen and oxygen atoms in total. The van der Waals surface area contributed by atoms with Crippen molar-refractivity contribution < 1.29 is 8.78 Å². The van der Waals surface area contributed by atoms with Gasteiger partial charge in [0.2, 0.25) is 0 Å². The van der Waals surface area contributed by atoms with Gasteiger partial charge in [-0.1, -0.05) is 37.2 Å². The lowest BCUT2D eigenvalue weighted by Crippen LogP contribution is -2.03. The van der Waals surface area contributed by atoms with Gasteiger partial charge in [-0.2, -0.15) is 5.10 Å². The van der Waals surface area contributed by atoms with Crippen molar-refractivity contribution in [3.05, 3.63) is 51.8 Å². The highest BCUT2D eigenvalue weighted by Crippen LogP contribution is 2.44. The summed E-state index contributed by atoms with van der Waals surface area (Å²) in [7, 11) is 0. The maximum Gasteiger partial charge on any atom is 0.166 e. The molecule has 0 atom stereocenters. The third-order valence-corrected chi connectivity index (χ3v) is 5.55. The number of hydrogen-bond donors (Lipinski definition) is 1. The molecule has 3 aromatic rings. The van der Waals surface area contributed by atoms with Crippen molar-refractivity contribution in [3.63, 3.8) is 0 Å². The summed E-state index contributed by atoms with van der Waals surface area (Å²) in [6.45, 7) is 7.19. The molecule has 0 unspecified atom stereocenters. The fraction of sp³-hybridized carbons (Fsp3) is 0.278. The van der Waals surface area contributed by atoms with Crippen LogP contribution in [-0.2, 0) is 0 Å². The molecule has 0 aliphatic carbocycles. The number of aromatic nitrogens is 3. The Balaban J connectivity index is 2.45. The van der Waals surface area contributed by atoms with Crippen LogP contribution in [0.3, 0.4) is 0 Å². The second-order valence-electron chi connectivity index (χ2n) is 6.11. The largest absolute Gasteiger partial charge is 0.306 e. The van der Waals surface area contributed by atoms with Crippen molar-refractivity contribution in [2.24, 2.45) is 0 Å². The maximum absolute atomic E-state index is 14.9. The molecule has 0 saturated heterocycles. The number of hydrogen-bond acceptors (Lipinski definition) is 2. The van der Waals surface area contributed by atoms with Crippen LogP contribution in [0.1, 0.15) is 39.3 Å². The number of nitrogens with one attached hydrogen (secondary N) is 1. The van der Waals surface area contributed by atoms with Crippen LogP contribution in [0.4, 0.5) is 8.78 Å². The number of benzene rings is 1. The summed E-state index contributed by atoms with van der Waals surface area (Å²) in [5.74, 6) is -0.665. The van der Waals surface area contributed by atoms with Gasteiger partial charge in [-0.05, 0) is 31.9 Å². The number of thioether (sulfide) groups is 1. The van der Waals surface area contributed by atoms with E-state index in [2.05, 4.69) is 10.2 Å². The summed E-state index contributed by atoms with van der Waals surface area (Å²) in [6.07, 6.45) is 3.33.